The molecule has 0 saturated heterocycles. The van der Waals surface area contributed by atoms with Gasteiger partial charge >= 0.3 is 0 Å². The third kappa shape index (κ3) is 3.70. The quantitative estimate of drug-likeness (QED) is 0.847. The van der Waals surface area contributed by atoms with Crippen molar-refractivity contribution in [3.05, 3.63) is 53.3 Å². The zero-order valence-electron chi connectivity index (χ0n) is 13.4. The number of hydrogen-bond donors (Lipinski definition) is 1. The zero-order valence-corrected chi connectivity index (χ0v) is 13.4. The summed E-state index contributed by atoms with van der Waals surface area (Å²) in [7, 11) is 0. The first-order chi connectivity index (χ1) is 12.0. The van der Waals surface area contributed by atoms with Crippen LogP contribution in [0.15, 0.2) is 30.3 Å². The smallest absolute Gasteiger partial charge is 0.225 e. The van der Waals surface area contributed by atoms with Gasteiger partial charge in [-0.3, -0.25) is 4.79 Å². The van der Waals surface area contributed by atoms with Crippen molar-refractivity contribution in [2.45, 2.75) is 19.3 Å². The van der Waals surface area contributed by atoms with E-state index in [4.69, 9.17) is 9.47 Å². The summed E-state index contributed by atoms with van der Waals surface area (Å²) in [5, 5.41) is 2.26. The predicted octanol–water partition coefficient (Wildman–Crippen LogP) is 4.01. The molecule has 3 rings (SSSR count). The summed E-state index contributed by atoms with van der Waals surface area (Å²) in [4.78, 5) is 12.1. The Morgan fingerprint density at radius 3 is 2.56 bits per heavy atom. The second kappa shape index (κ2) is 7.04. The lowest BCUT2D eigenvalue weighted by atomic mass is 9.97. The van der Waals surface area contributed by atoms with E-state index in [0.29, 0.717) is 24.7 Å². The maximum absolute atomic E-state index is 13.6. The van der Waals surface area contributed by atoms with Gasteiger partial charge in [-0.15, -0.1) is 0 Å². The van der Waals surface area contributed by atoms with Crippen LogP contribution in [0.4, 0.5) is 18.9 Å². The second-order valence-electron chi connectivity index (χ2n) is 5.78. The summed E-state index contributed by atoms with van der Waals surface area (Å²) in [5.74, 6) is -3.77. The van der Waals surface area contributed by atoms with Crippen molar-refractivity contribution in [2.24, 2.45) is 0 Å². The molecule has 4 nitrogen and oxygen atoms in total. The Labute approximate surface area is 142 Å². The molecule has 0 saturated carbocycles. The molecule has 0 bridgehead atoms. The van der Waals surface area contributed by atoms with Crippen LogP contribution in [0, 0.1) is 17.5 Å². The Morgan fingerprint density at radius 2 is 1.80 bits per heavy atom. The molecule has 132 valence electrons. The van der Waals surface area contributed by atoms with Crippen molar-refractivity contribution in [2.75, 3.05) is 18.5 Å². The summed E-state index contributed by atoms with van der Waals surface area (Å²) >= 11 is 0. The van der Waals surface area contributed by atoms with Gasteiger partial charge in [-0.05, 0) is 35.7 Å². The average molecular weight is 351 g/mol. The van der Waals surface area contributed by atoms with Gasteiger partial charge in [-0.1, -0.05) is 13.0 Å². The Kier molecular flexibility index (Phi) is 4.83. The van der Waals surface area contributed by atoms with Crippen molar-refractivity contribution in [1.82, 2.24) is 0 Å². The molecular weight excluding hydrogens is 335 g/mol. The van der Waals surface area contributed by atoms with E-state index in [1.54, 1.807) is 12.1 Å². The molecule has 2 aromatic carbocycles. The molecule has 0 aromatic heterocycles. The zero-order chi connectivity index (χ0) is 18.0. The first kappa shape index (κ1) is 17.1. The Bertz CT molecular complexity index is 810. The van der Waals surface area contributed by atoms with Crippen molar-refractivity contribution < 1.29 is 27.4 Å². The molecule has 0 fully saturated rings. The van der Waals surface area contributed by atoms with Gasteiger partial charge in [0.2, 0.25) is 5.91 Å². The molecule has 0 spiro atoms. The highest BCUT2D eigenvalue weighted by Gasteiger charge is 2.19. The van der Waals surface area contributed by atoms with Gasteiger partial charge in [0.25, 0.3) is 0 Å². The molecule has 1 aliphatic heterocycles. The van der Waals surface area contributed by atoms with Gasteiger partial charge in [0.15, 0.2) is 29.0 Å². The minimum absolute atomic E-state index is 0.0398. The van der Waals surface area contributed by atoms with Crippen LogP contribution in [0.1, 0.15) is 24.8 Å². The van der Waals surface area contributed by atoms with Crippen LogP contribution in [0.25, 0.3) is 0 Å². The fourth-order valence-corrected chi connectivity index (χ4v) is 2.59. The number of ether oxygens (including phenoxy) is 2. The topological polar surface area (TPSA) is 47.6 Å². The number of fused-ring (bicyclic) bond motifs is 1. The van der Waals surface area contributed by atoms with Gasteiger partial charge in [-0.25, -0.2) is 13.2 Å². The number of nitrogens with one attached hydrogen (secondary N) is 1. The highest BCUT2D eigenvalue weighted by atomic mass is 19.2. The van der Waals surface area contributed by atoms with Crippen LogP contribution < -0.4 is 14.8 Å². The molecule has 1 heterocycles. The molecule has 1 amide bonds. The molecule has 25 heavy (non-hydrogen) atoms. The molecular formula is C18H16F3NO3. The van der Waals surface area contributed by atoms with Gasteiger partial charge < -0.3 is 14.8 Å². The first-order valence-corrected chi connectivity index (χ1v) is 7.78. The number of halogens is 3. The fourth-order valence-electron chi connectivity index (χ4n) is 2.59. The molecule has 1 aliphatic rings. The predicted molar refractivity (Wildman–Crippen MR) is 85.4 cm³/mol. The van der Waals surface area contributed by atoms with Crippen molar-refractivity contribution >= 4 is 11.6 Å². The minimum atomic E-state index is -1.61. The summed E-state index contributed by atoms with van der Waals surface area (Å²) in [6, 6.07) is 7.14. The minimum Gasteiger partial charge on any atom is -0.486 e. The normalized spacial score (nSPS) is 14.1. The number of carbonyl (C=O) groups excluding carboxylic acids is 1. The molecule has 0 aliphatic carbocycles. The van der Waals surface area contributed by atoms with Crippen molar-refractivity contribution in [3.8, 4) is 11.5 Å². The van der Waals surface area contributed by atoms with Crippen LogP contribution >= 0.6 is 0 Å². The number of anilines is 1. The highest BCUT2D eigenvalue weighted by molar-refractivity contribution is 5.91. The van der Waals surface area contributed by atoms with Crippen LogP contribution in [0.3, 0.4) is 0 Å². The number of hydrogen-bond acceptors (Lipinski definition) is 3. The lowest BCUT2D eigenvalue weighted by Gasteiger charge is -2.20. The van der Waals surface area contributed by atoms with Crippen LogP contribution in [0.5, 0.6) is 11.5 Å². The lowest BCUT2D eigenvalue weighted by Crippen LogP contribution is -2.17. The van der Waals surface area contributed by atoms with E-state index in [1.165, 1.54) is 0 Å². The highest BCUT2D eigenvalue weighted by Crippen LogP contribution is 2.34. The summed E-state index contributed by atoms with van der Waals surface area (Å²) in [5.41, 5.74) is 0.462. The van der Waals surface area contributed by atoms with Crippen molar-refractivity contribution in [1.29, 1.82) is 0 Å². The van der Waals surface area contributed by atoms with E-state index >= 15 is 0 Å². The maximum Gasteiger partial charge on any atom is 0.225 e. The van der Waals surface area contributed by atoms with E-state index in [1.807, 2.05) is 13.0 Å². The largest absolute Gasteiger partial charge is 0.486 e. The third-order valence-corrected chi connectivity index (χ3v) is 3.94. The average Bonchev–Trinajstić information content (AvgIpc) is 2.61. The monoisotopic (exact) mass is 351 g/mol. The maximum atomic E-state index is 13.6. The Balaban J connectivity index is 1.68. The van der Waals surface area contributed by atoms with E-state index < -0.39 is 29.0 Å². The number of carbonyl (C=O) groups is 1. The van der Waals surface area contributed by atoms with Crippen molar-refractivity contribution in [3.63, 3.8) is 0 Å². The van der Waals surface area contributed by atoms with Crippen LogP contribution in [0.2, 0.25) is 0 Å². The Morgan fingerprint density at radius 1 is 1.08 bits per heavy atom. The summed E-state index contributed by atoms with van der Waals surface area (Å²) in [6.45, 7) is 2.78. The standard InChI is InChI=1S/C18H16F3NO3/c1-10(11-2-5-14-15(9-11)25-7-6-24-14)8-16(23)22-13-4-3-12(19)17(20)18(13)21/h2-5,9-10H,6-8H2,1H3,(H,22,23). The van der Waals surface area contributed by atoms with Crippen LogP contribution in [-0.4, -0.2) is 19.1 Å². The lowest BCUT2D eigenvalue weighted by molar-refractivity contribution is -0.116. The summed E-state index contributed by atoms with van der Waals surface area (Å²) < 4.78 is 50.7. The third-order valence-electron chi connectivity index (χ3n) is 3.94. The van der Waals surface area contributed by atoms with E-state index in [2.05, 4.69) is 5.32 Å². The molecule has 0 radical (unpaired) electrons. The number of rotatable bonds is 4. The molecule has 1 N–H and O–H groups in total. The molecule has 2 aromatic rings. The molecule has 7 heteroatoms. The van der Waals surface area contributed by atoms with E-state index in [9.17, 15) is 18.0 Å². The Hall–Kier alpha value is -2.70. The summed E-state index contributed by atoms with van der Waals surface area (Å²) in [6.07, 6.45) is 0.0398. The number of amides is 1. The fraction of sp³-hybridized carbons (Fsp3) is 0.278. The van der Waals surface area contributed by atoms with Gasteiger partial charge in [-0.2, -0.15) is 0 Å². The van der Waals surface area contributed by atoms with Gasteiger partial charge in [0.05, 0.1) is 5.69 Å². The molecule has 1 unspecified atom stereocenters. The van der Waals surface area contributed by atoms with E-state index in [-0.39, 0.29) is 12.3 Å². The van der Waals surface area contributed by atoms with Gasteiger partial charge in [0.1, 0.15) is 13.2 Å². The van der Waals surface area contributed by atoms with Crippen LogP contribution in [-0.2, 0) is 4.79 Å². The second-order valence-corrected chi connectivity index (χ2v) is 5.78. The molecule has 1 atom stereocenters. The number of benzene rings is 2. The van der Waals surface area contributed by atoms with E-state index in [0.717, 1.165) is 17.7 Å². The first-order valence-electron chi connectivity index (χ1n) is 7.78. The SMILES string of the molecule is CC(CC(=O)Nc1ccc(F)c(F)c1F)c1ccc2c(c1)OCCO2. The van der Waals surface area contributed by atoms with Gasteiger partial charge in [0, 0.05) is 6.42 Å².